The number of nitrogens with zero attached hydrogens (tertiary/aromatic N) is 1. The van der Waals surface area contributed by atoms with Gasteiger partial charge in [0.05, 0.1) is 0 Å². The van der Waals surface area contributed by atoms with Gasteiger partial charge in [-0.2, -0.15) is 0 Å². The van der Waals surface area contributed by atoms with Crippen molar-refractivity contribution in [3.63, 3.8) is 0 Å². The van der Waals surface area contributed by atoms with Crippen molar-refractivity contribution in [2.75, 3.05) is 0 Å². The molecule has 2 aromatic rings. The summed E-state index contributed by atoms with van der Waals surface area (Å²) in [6, 6.07) is 7.37. The molecule has 1 aromatic carbocycles. The number of aryl methyl sites for hydroxylation is 3. The monoisotopic (exact) mass is 417 g/mol. The molecule has 0 amide bonds. The van der Waals surface area contributed by atoms with Gasteiger partial charge in [-0.05, 0) is 0 Å². The SMILES string of the molecule is [2H]C([2H])([2H])c1ccc(-c2cc(C([2H])([2H])C3CCCCC3)[c]([Ge]([CH3])([CH3])[CH3])c[n+]2C)c(C)c1. The first-order valence-electron chi connectivity index (χ1n) is 12.4. The molecule has 3 rings (SSSR count). The molecule has 0 atom stereocenters. The molecule has 1 nitrogen and oxygen atoms in total. The van der Waals surface area contributed by atoms with E-state index in [1.54, 1.807) is 12.1 Å². The average Bonchev–Trinajstić information content (AvgIpc) is 2.67. The van der Waals surface area contributed by atoms with Crippen LogP contribution in [0.5, 0.6) is 0 Å². The second-order valence-electron chi connectivity index (χ2n) is 8.86. The van der Waals surface area contributed by atoms with Crippen molar-refractivity contribution in [1.29, 1.82) is 0 Å². The average molecular weight is 416 g/mol. The molecule has 1 saturated carbocycles. The van der Waals surface area contributed by atoms with Gasteiger partial charge >= 0.3 is 170 Å². The van der Waals surface area contributed by atoms with E-state index in [1.807, 2.05) is 20.0 Å². The Morgan fingerprint density at radius 3 is 2.50 bits per heavy atom. The fraction of sp³-hybridized carbons (Fsp3) is 0.542. The molecule has 0 bridgehead atoms. The Labute approximate surface area is 170 Å². The molecule has 1 aliphatic carbocycles. The molecule has 0 saturated heterocycles. The van der Waals surface area contributed by atoms with Crippen molar-refractivity contribution in [2.45, 2.75) is 69.5 Å². The van der Waals surface area contributed by atoms with Gasteiger partial charge < -0.3 is 0 Å². The zero-order valence-electron chi connectivity index (χ0n) is 21.9. The van der Waals surface area contributed by atoms with Crippen molar-refractivity contribution in [3.05, 3.63) is 47.2 Å². The Kier molecular flexibility index (Phi) is 4.24. The second kappa shape index (κ2) is 7.88. The van der Waals surface area contributed by atoms with Gasteiger partial charge in [0.15, 0.2) is 0 Å². The summed E-state index contributed by atoms with van der Waals surface area (Å²) in [5.74, 6) is 7.04. The maximum atomic E-state index is 9.19. The molecule has 26 heavy (non-hydrogen) atoms. The van der Waals surface area contributed by atoms with Gasteiger partial charge in [-0.3, -0.25) is 0 Å². The Balaban J connectivity index is 2.19. The van der Waals surface area contributed by atoms with E-state index in [-0.39, 0.29) is 5.92 Å². The third-order valence-electron chi connectivity index (χ3n) is 5.55. The van der Waals surface area contributed by atoms with Crippen molar-refractivity contribution < 1.29 is 11.4 Å². The van der Waals surface area contributed by atoms with Gasteiger partial charge in [0.1, 0.15) is 0 Å². The quantitative estimate of drug-likeness (QED) is 0.460. The third kappa shape index (κ3) is 4.42. The van der Waals surface area contributed by atoms with Crippen LogP contribution >= 0.6 is 0 Å². The summed E-state index contributed by atoms with van der Waals surface area (Å²) in [4.78, 5) is 0. The molecule has 140 valence electrons. The Morgan fingerprint density at radius 1 is 1.15 bits per heavy atom. The number of hydrogen-bond acceptors (Lipinski definition) is 0. The van der Waals surface area contributed by atoms with E-state index in [4.69, 9.17) is 4.11 Å². The summed E-state index contributed by atoms with van der Waals surface area (Å²) in [6.45, 7) is -0.186. The molecule has 0 unspecified atom stereocenters. The van der Waals surface area contributed by atoms with Gasteiger partial charge in [0.2, 0.25) is 0 Å². The van der Waals surface area contributed by atoms with E-state index in [9.17, 15) is 2.74 Å². The molecule has 0 N–H and O–H groups in total. The summed E-state index contributed by atoms with van der Waals surface area (Å²) in [5, 5.41) is 0. The van der Waals surface area contributed by atoms with E-state index in [0.29, 0.717) is 5.56 Å². The number of pyridine rings is 1. The van der Waals surface area contributed by atoms with Crippen LogP contribution in [0.2, 0.25) is 17.3 Å². The minimum absolute atomic E-state index is 0.0596. The molecule has 1 aromatic heterocycles. The molecule has 1 heterocycles. The van der Waals surface area contributed by atoms with Gasteiger partial charge in [-0.25, -0.2) is 0 Å². The predicted molar refractivity (Wildman–Crippen MR) is 116 cm³/mol. The van der Waals surface area contributed by atoms with E-state index < -0.39 is 26.5 Å². The fourth-order valence-corrected chi connectivity index (χ4v) is 7.27. The van der Waals surface area contributed by atoms with Crippen LogP contribution in [0.25, 0.3) is 11.3 Å². The first kappa shape index (κ1) is 14.0. The molecule has 0 radical (unpaired) electrons. The van der Waals surface area contributed by atoms with Crippen LogP contribution in [0.4, 0.5) is 0 Å². The molecule has 1 fully saturated rings. The molecular formula is C24H36GeN+. The third-order valence-corrected chi connectivity index (χ3v) is 9.78. The molecule has 0 aliphatic heterocycles. The van der Waals surface area contributed by atoms with Gasteiger partial charge in [-0.15, -0.1) is 0 Å². The topological polar surface area (TPSA) is 3.88 Å². The van der Waals surface area contributed by atoms with Gasteiger partial charge in [0, 0.05) is 0 Å². The Hall–Kier alpha value is -1.09. The van der Waals surface area contributed by atoms with Crippen LogP contribution in [-0.2, 0) is 13.4 Å². The Bertz CT molecular complexity index is 954. The molecule has 2 heteroatoms. The number of benzene rings is 1. The summed E-state index contributed by atoms with van der Waals surface area (Å²) >= 11 is -2.35. The Morgan fingerprint density at radius 2 is 1.88 bits per heavy atom. The van der Waals surface area contributed by atoms with Crippen LogP contribution in [0.1, 0.15) is 55.6 Å². The number of rotatable bonds is 4. The second-order valence-corrected chi connectivity index (χ2v) is 19.4. The van der Waals surface area contributed by atoms with Crippen molar-refractivity contribution in [1.82, 2.24) is 0 Å². The summed E-state index contributed by atoms with van der Waals surface area (Å²) in [6.07, 6.45) is 6.13. The van der Waals surface area contributed by atoms with Crippen molar-refractivity contribution >= 4 is 17.7 Å². The molecule has 0 spiro atoms. The predicted octanol–water partition coefficient (Wildman–Crippen LogP) is 5.46. The van der Waals surface area contributed by atoms with Crippen LogP contribution in [-0.4, -0.2) is 13.3 Å². The van der Waals surface area contributed by atoms with Crippen LogP contribution in [0, 0.1) is 19.7 Å². The van der Waals surface area contributed by atoms with Crippen LogP contribution in [0.15, 0.2) is 30.5 Å². The van der Waals surface area contributed by atoms with Crippen LogP contribution in [0.3, 0.4) is 0 Å². The van der Waals surface area contributed by atoms with Crippen LogP contribution < -0.4 is 8.96 Å². The molecule has 1 aliphatic rings. The first-order valence-corrected chi connectivity index (χ1v) is 17.2. The minimum atomic E-state index is -2.35. The normalized spacial score (nSPS) is 20.0. The van der Waals surface area contributed by atoms with E-state index >= 15 is 0 Å². The summed E-state index contributed by atoms with van der Waals surface area (Å²) in [5.41, 5.74) is 4.01. The summed E-state index contributed by atoms with van der Waals surface area (Å²) in [7, 11) is 2.02. The van der Waals surface area contributed by atoms with E-state index in [1.165, 1.54) is 10.8 Å². The maximum absolute atomic E-state index is 9.19. The van der Waals surface area contributed by atoms with E-state index in [2.05, 4.69) is 34.1 Å². The summed E-state index contributed by atoms with van der Waals surface area (Å²) < 4.78 is 44.8. The molecular weight excluding hydrogens is 375 g/mol. The standard InChI is InChI=1S/C24H36GeN/c1-18-12-13-22(19(2)14-18)24-16-21(15-20-10-8-7-9-11-20)23(17-26(24)6)25(3,4)5/h12-14,16-17,20H,7-11,15H2,1-6H3/q+1/i1D3,15D2. The number of hydrogen-bond donors (Lipinski definition) is 0. The zero-order valence-corrected chi connectivity index (χ0v) is 19.0. The van der Waals surface area contributed by atoms with E-state index in [0.717, 1.165) is 48.1 Å². The van der Waals surface area contributed by atoms with Crippen molar-refractivity contribution in [3.8, 4) is 11.3 Å². The van der Waals surface area contributed by atoms with Gasteiger partial charge in [0.25, 0.3) is 0 Å². The van der Waals surface area contributed by atoms with Gasteiger partial charge in [-0.1, -0.05) is 0 Å². The van der Waals surface area contributed by atoms with Crippen molar-refractivity contribution in [2.24, 2.45) is 13.0 Å². The number of aromatic nitrogens is 1. The first-order chi connectivity index (χ1) is 14.2. The fourth-order valence-electron chi connectivity index (χ4n) is 4.05. The zero-order chi connectivity index (χ0) is 23.2.